The summed E-state index contributed by atoms with van der Waals surface area (Å²) in [4.78, 5) is 46.4. The summed E-state index contributed by atoms with van der Waals surface area (Å²) in [6.07, 6.45) is 1.84. The number of fused-ring (bicyclic) bond motifs is 5. The predicted octanol–water partition coefficient (Wildman–Crippen LogP) is 1.20. The largest absolute Gasteiger partial charge is 0.383 e. The molecule has 2 aromatic heterocycles. The van der Waals surface area contributed by atoms with Gasteiger partial charge >= 0.3 is 0 Å². The fourth-order valence-electron chi connectivity index (χ4n) is 6.38. The van der Waals surface area contributed by atoms with Crippen LogP contribution >= 0.6 is 0 Å². The molecule has 5 heterocycles. The highest BCUT2D eigenvalue weighted by Crippen LogP contribution is 2.35. The number of nitrogens with zero attached hydrogens (tertiary/aromatic N) is 4. The molecule has 3 aromatic rings. The molecule has 1 aromatic carbocycles. The van der Waals surface area contributed by atoms with Gasteiger partial charge in [0, 0.05) is 54.9 Å². The molecule has 2 amide bonds. The van der Waals surface area contributed by atoms with E-state index in [0.29, 0.717) is 44.4 Å². The third kappa shape index (κ3) is 4.86. The lowest BCUT2D eigenvalue weighted by molar-refractivity contribution is -0.144. The molecule has 3 N–H and O–H groups in total. The molecule has 3 aliphatic rings. The molecular formula is C28H32N6O5S. The Hall–Kier alpha value is -3.77. The average Bonchev–Trinajstić information content (AvgIpc) is 2.91. The molecule has 3 aliphatic heterocycles. The van der Waals surface area contributed by atoms with Crippen molar-refractivity contribution >= 4 is 38.4 Å². The molecule has 2 fully saturated rings. The Morgan fingerprint density at radius 1 is 1.12 bits per heavy atom. The van der Waals surface area contributed by atoms with Gasteiger partial charge in [-0.3, -0.25) is 14.4 Å². The van der Waals surface area contributed by atoms with Gasteiger partial charge in [0.15, 0.2) is 0 Å². The van der Waals surface area contributed by atoms with E-state index in [1.54, 1.807) is 23.1 Å². The van der Waals surface area contributed by atoms with E-state index in [1.165, 1.54) is 17.0 Å². The Morgan fingerprint density at radius 2 is 1.95 bits per heavy atom. The van der Waals surface area contributed by atoms with Gasteiger partial charge < -0.3 is 20.1 Å². The SMILES string of the molecule is Cc1cc2ccc(S(=O)(=O)N[C@H]3CCCN(CC(=O)N4C[C@H]5C[C@H](C4)c4cccc(=O)n4C5)C3=O)cc2c(N)n1. The number of piperidine rings is 2. The van der Waals surface area contributed by atoms with Crippen molar-refractivity contribution < 1.29 is 18.0 Å². The number of carbonyl (C=O) groups is 2. The minimum atomic E-state index is -4.03. The molecular weight excluding hydrogens is 532 g/mol. The Morgan fingerprint density at radius 3 is 2.77 bits per heavy atom. The molecule has 12 heteroatoms. The summed E-state index contributed by atoms with van der Waals surface area (Å²) in [5.41, 5.74) is 7.69. The van der Waals surface area contributed by atoms with Gasteiger partial charge in [0.2, 0.25) is 21.8 Å². The number of sulfonamides is 1. The number of nitrogen functional groups attached to an aromatic ring is 1. The summed E-state index contributed by atoms with van der Waals surface area (Å²) < 4.78 is 30.8. The van der Waals surface area contributed by atoms with Crippen molar-refractivity contribution in [1.29, 1.82) is 0 Å². The molecule has 210 valence electrons. The van der Waals surface area contributed by atoms with Crippen molar-refractivity contribution in [2.45, 2.75) is 49.6 Å². The first-order valence-electron chi connectivity index (χ1n) is 13.5. The number of rotatable bonds is 5. The minimum absolute atomic E-state index is 0.00222. The van der Waals surface area contributed by atoms with Crippen LogP contribution in [0.2, 0.25) is 0 Å². The van der Waals surface area contributed by atoms with Crippen LogP contribution in [0.3, 0.4) is 0 Å². The van der Waals surface area contributed by atoms with Crippen LogP contribution in [0.1, 0.15) is 36.6 Å². The lowest BCUT2D eigenvalue weighted by Crippen LogP contribution is -2.56. The molecule has 11 nitrogen and oxygen atoms in total. The van der Waals surface area contributed by atoms with Gasteiger partial charge in [0.1, 0.15) is 11.9 Å². The van der Waals surface area contributed by atoms with E-state index in [1.807, 2.05) is 23.6 Å². The van der Waals surface area contributed by atoms with Gasteiger partial charge in [0.05, 0.1) is 11.4 Å². The maximum Gasteiger partial charge on any atom is 0.250 e. The van der Waals surface area contributed by atoms with Gasteiger partial charge in [-0.1, -0.05) is 12.1 Å². The fraction of sp³-hybridized carbons (Fsp3) is 0.429. The average molecular weight is 565 g/mol. The van der Waals surface area contributed by atoms with E-state index < -0.39 is 22.0 Å². The number of aromatic nitrogens is 2. The van der Waals surface area contributed by atoms with Crippen LogP contribution in [0.25, 0.3) is 10.8 Å². The smallest absolute Gasteiger partial charge is 0.250 e. The molecule has 2 saturated heterocycles. The van der Waals surface area contributed by atoms with Gasteiger partial charge in [-0.15, -0.1) is 0 Å². The maximum absolute atomic E-state index is 13.3. The minimum Gasteiger partial charge on any atom is -0.383 e. The molecule has 40 heavy (non-hydrogen) atoms. The Bertz CT molecular complexity index is 1690. The van der Waals surface area contributed by atoms with Crippen molar-refractivity contribution in [3.63, 3.8) is 0 Å². The monoisotopic (exact) mass is 564 g/mol. The van der Waals surface area contributed by atoms with Crippen molar-refractivity contribution in [3.8, 4) is 0 Å². The summed E-state index contributed by atoms with van der Waals surface area (Å²) in [7, 11) is -4.03. The first-order valence-corrected chi connectivity index (χ1v) is 15.0. The van der Waals surface area contributed by atoms with Crippen LogP contribution in [0, 0.1) is 12.8 Å². The van der Waals surface area contributed by atoms with Gasteiger partial charge in [0.25, 0.3) is 5.56 Å². The van der Waals surface area contributed by atoms with E-state index in [9.17, 15) is 22.8 Å². The number of amides is 2. The molecule has 0 unspecified atom stereocenters. The summed E-state index contributed by atoms with van der Waals surface area (Å²) in [6, 6.07) is 10.7. The summed E-state index contributed by atoms with van der Waals surface area (Å²) in [5.74, 6) is -0.0667. The lowest BCUT2D eigenvalue weighted by Gasteiger charge is -2.43. The maximum atomic E-state index is 13.3. The van der Waals surface area contributed by atoms with Crippen LogP contribution in [0.15, 0.2) is 52.2 Å². The van der Waals surface area contributed by atoms with Crippen molar-refractivity contribution in [3.05, 3.63) is 64.2 Å². The Balaban J connectivity index is 1.14. The van der Waals surface area contributed by atoms with E-state index in [2.05, 4.69) is 9.71 Å². The van der Waals surface area contributed by atoms with Crippen molar-refractivity contribution in [2.75, 3.05) is 31.9 Å². The Labute approximate surface area is 232 Å². The third-order valence-corrected chi connectivity index (χ3v) is 9.73. The number of anilines is 1. The molecule has 0 radical (unpaired) electrons. The van der Waals surface area contributed by atoms with Gasteiger partial charge in [-0.05, 0) is 61.8 Å². The summed E-state index contributed by atoms with van der Waals surface area (Å²) >= 11 is 0. The first kappa shape index (κ1) is 26.5. The molecule has 0 aliphatic carbocycles. The lowest BCUT2D eigenvalue weighted by atomic mass is 9.83. The molecule has 0 saturated carbocycles. The van der Waals surface area contributed by atoms with Crippen LogP contribution in [-0.4, -0.2) is 71.8 Å². The number of likely N-dealkylation sites (tertiary alicyclic amines) is 2. The normalized spacial score (nSPS) is 22.8. The van der Waals surface area contributed by atoms with Crippen LogP contribution in [-0.2, 0) is 26.2 Å². The van der Waals surface area contributed by atoms with E-state index in [0.717, 1.165) is 23.2 Å². The van der Waals surface area contributed by atoms with E-state index in [4.69, 9.17) is 5.73 Å². The summed E-state index contributed by atoms with van der Waals surface area (Å²) in [5, 5.41) is 1.30. The zero-order chi connectivity index (χ0) is 28.2. The topological polar surface area (TPSA) is 148 Å². The highest BCUT2D eigenvalue weighted by molar-refractivity contribution is 7.89. The second-order valence-corrected chi connectivity index (χ2v) is 12.8. The number of hydrogen-bond acceptors (Lipinski definition) is 7. The van der Waals surface area contributed by atoms with Gasteiger partial charge in [-0.25, -0.2) is 13.4 Å². The number of benzene rings is 1. The van der Waals surface area contributed by atoms with E-state index >= 15 is 0 Å². The van der Waals surface area contributed by atoms with Crippen LogP contribution < -0.4 is 16.0 Å². The number of aryl methyl sites for hydroxylation is 1. The molecule has 3 atom stereocenters. The molecule has 2 bridgehead atoms. The second-order valence-electron chi connectivity index (χ2n) is 11.1. The molecule has 6 rings (SSSR count). The quantitative estimate of drug-likeness (QED) is 0.473. The highest BCUT2D eigenvalue weighted by Gasteiger charge is 2.38. The zero-order valence-corrected chi connectivity index (χ0v) is 23.1. The predicted molar refractivity (Wildman–Crippen MR) is 149 cm³/mol. The second kappa shape index (κ2) is 10.0. The summed E-state index contributed by atoms with van der Waals surface area (Å²) in [6.45, 7) is 3.71. The number of carbonyl (C=O) groups excluding carboxylic acids is 2. The molecule has 0 spiro atoms. The number of hydrogen-bond donors (Lipinski definition) is 2. The van der Waals surface area contributed by atoms with Crippen molar-refractivity contribution in [2.24, 2.45) is 5.92 Å². The number of nitrogens with two attached hydrogens (primary N) is 1. The first-order chi connectivity index (χ1) is 19.1. The van der Waals surface area contributed by atoms with Crippen molar-refractivity contribution in [1.82, 2.24) is 24.1 Å². The van der Waals surface area contributed by atoms with E-state index in [-0.39, 0.29) is 40.6 Å². The van der Waals surface area contributed by atoms with Crippen LogP contribution in [0.4, 0.5) is 5.82 Å². The number of pyridine rings is 2. The Kier molecular flexibility index (Phi) is 6.62. The fourth-order valence-corrected chi connectivity index (χ4v) is 7.63. The zero-order valence-electron chi connectivity index (χ0n) is 22.2. The number of nitrogens with one attached hydrogen (secondary N) is 1. The van der Waals surface area contributed by atoms with Gasteiger partial charge in [-0.2, -0.15) is 4.72 Å². The standard InChI is InChI=1S/C28H32N6O5S/c1-17-10-19-7-8-21(12-22(19)27(29)30-17)40(38,39)31-23-4-3-9-32(28(23)37)16-26(36)33-13-18-11-20(15-33)24-5-2-6-25(35)34(24)14-18/h2,5-8,10,12,18,20,23,31H,3-4,9,11,13-16H2,1H3,(H2,29,30)/t18-,20-,23+/m1/s1. The van der Waals surface area contributed by atoms with Crippen LogP contribution in [0.5, 0.6) is 0 Å². The highest BCUT2D eigenvalue weighted by atomic mass is 32.2. The third-order valence-electron chi connectivity index (χ3n) is 8.26.